The number of carbonyl (C=O) groups excluding carboxylic acids is 2. The van der Waals surface area contributed by atoms with Gasteiger partial charge in [-0.1, -0.05) is 12.1 Å². The van der Waals surface area contributed by atoms with Crippen LogP contribution < -0.4 is 10.6 Å². The maximum Gasteiger partial charge on any atom is 0.300 e. The fraction of sp³-hybridized carbons (Fsp3) is 0.192. The molecule has 14 nitrogen and oxygen atoms in total. The van der Waals surface area contributed by atoms with E-state index in [4.69, 9.17) is 4.74 Å². The van der Waals surface area contributed by atoms with Crippen molar-refractivity contribution in [2.75, 3.05) is 31.6 Å². The van der Waals surface area contributed by atoms with Gasteiger partial charge in [-0.05, 0) is 36.4 Å². The van der Waals surface area contributed by atoms with Crippen LogP contribution in [0.3, 0.4) is 0 Å². The third kappa shape index (κ3) is 5.56. The highest BCUT2D eigenvalue weighted by Gasteiger charge is 2.30. The van der Waals surface area contributed by atoms with Crippen LogP contribution in [-0.2, 0) is 11.3 Å². The van der Waals surface area contributed by atoms with Gasteiger partial charge in [-0.2, -0.15) is 0 Å². The topological polar surface area (TPSA) is 186 Å². The van der Waals surface area contributed by atoms with Crippen LogP contribution in [0, 0.1) is 20.2 Å². The average Bonchev–Trinajstić information content (AvgIpc) is 3.39. The third-order valence-corrected chi connectivity index (χ3v) is 6.31. The second-order valence-corrected chi connectivity index (χ2v) is 8.89. The molecule has 5 rings (SSSR count). The Morgan fingerprint density at radius 2 is 1.60 bits per heavy atom. The number of carbonyl (C=O) groups is 2. The number of amides is 2. The molecule has 14 heteroatoms. The number of imidazole rings is 1. The Morgan fingerprint density at radius 3 is 2.23 bits per heavy atom. The normalized spacial score (nSPS) is 13.2. The number of nitrogens with one attached hydrogen (secondary N) is 3. The van der Waals surface area contributed by atoms with E-state index in [-0.39, 0.29) is 42.5 Å². The van der Waals surface area contributed by atoms with Crippen molar-refractivity contribution >= 4 is 45.6 Å². The number of aromatic nitrogens is 2. The summed E-state index contributed by atoms with van der Waals surface area (Å²) in [6.07, 6.45) is 0. The van der Waals surface area contributed by atoms with Gasteiger partial charge in [0.1, 0.15) is 5.82 Å². The smallest absolute Gasteiger partial charge is 0.300 e. The summed E-state index contributed by atoms with van der Waals surface area (Å²) < 4.78 is 5.21. The quantitative estimate of drug-likeness (QED) is 0.220. The minimum atomic E-state index is -0.786. The molecule has 40 heavy (non-hydrogen) atoms. The van der Waals surface area contributed by atoms with Crippen LogP contribution in [0.1, 0.15) is 26.5 Å². The minimum absolute atomic E-state index is 0.165. The van der Waals surface area contributed by atoms with E-state index in [0.717, 1.165) is 23.2 Å². The van der Waals surface area contributed by atoms with Gasteiger partial charge in [-0.25, -0.2) is 4.98 Å². The van der Waals surface area contributed by atoms with Gasteiger partial charge in [0.2, 0.25) is 0 Å². The highest BCUT2D eigenvalue weighted by atomic mass is 16.6. The molecule has 0 atom stereocenters. The number of ether oxygens (including phenoxy) is 1. The van der Waals surface area contributed by atoms with Crippen LogP contribution >= 0.6 is 0 Å². The number of rotatable bonds is 8. The van der Waals surface area contributed by atoms with Crippen LogP contribution in [-0.4, -0.2) is 62.8 Å². The van der Waals surface area contributed by atoms with Crippen molar-refractivity contribution in [3.8, 4) is 0 Å². The number of aromatic amines is 1. The van der Waals surface area contributed by atoms with Crippen molar-refractivity contribution < 1.29 is 24.2 Å². The first-order valence-corrected chi connectivity index (χ1v) is 12.2. The average molecular weight is 546 g/mol. The lowest BCUT2D eigenvalue weighted by molar-refractivity contribution is -0.392. The zero-order valence-corrected chi connectivity index (χ0v) is 21.0. The number of nitro benzene ring substituents is 2. The van der Waals surface area contributed by atoms with Crippen molar-refractivity contribution in [1.29, 1.82) is 0 Å². The van der Waals surface area contributed by atoms with Crippen molar-refractivity contribution in [2.45, 2.75) is 6.54 Å². The molecule has 1 aliphatic heterocycles. The van der Waals surface area contributed by atoms with E-state index < -0.39 is 27.1 Å². The summed E-state index contributed by atoms with van der Waals surface area (Å²) >= 11 is 0. The molecule has 1 aliphatic rings. The number of para-hydroxylation sites is 2. The first-order chi connectivity index (χ1) is 19.3. The van der Waals surface area contributed by atoms with E-state index in [2.05, 4.69) is 20.6 Å². The van der Waals surface area contributed by atoms with Crippen LogP contribution in [0.2, 0.25) is 0 Å². The fourth-order valence-corrected chi connectivity index (χ4v) is 4.31. The third-order valence-electron chi connectivity index (χ3n) is 6.31. The molecule has 1 saturated heterocycles. The molecular weight excluding hydrogens is 522 g/mol. The molecule has 2 heterocycles. The highest BCUT2D eigenvalue weighted by molar-refractivity contribution is 5.98. The Hall–Kier alpha value is -5.37. The SMILES string of the molecule is O=C(NCc1nc2ccccc2[nH]1)c1ccc(Nc2c([N+](=O)[O-])cc(C(=O)N3CCOCC3)cc2[N+](=O)[O-])cc1. The summed E-state index contributed by atoms with van der Waals surface area (Å²) in [5.74, 6) is -0.350. The Labute approximate surface area is 226 Å². The maximum absolute atomic E-state index is 12.9. The zero-order valence-electron chi connectivity index (χ0n) is 21.0. The monoisotopic (exact) mass is 545 g/mol. The van der Waals surface area contributed by atoms with E-state index in [1.165, 1.54) is 29.2 Å². The van der Waals surface area contributed by atoms with Gasteiger partial charge in [0.25, 0.3) is 11.8 Å². The summed E-state index contributed by atoms with van der Waals surface area (Å²) in [4.78, 5) is 56.6. The first-order valence-electron chi connectivity index (χ1n) is 12.2. The molecule has 1 aromatic heterocycles. The van der Waals surface area contributed by atoms with Gasteiger partial charge in [-0.15, -0.1) is 0 Å². The molecule has 1 fully saturated rings. The second kappa shape index (κ2) is 11.2. The number of hydrogen-bond donors (Lipinski definition) is 3. The Kier molecular flexibility index (Phi) is 7.33. The molecule has 4 aromatic rings. The summed E-state index contributed by atoms with van der Waals surface area (Å²) in [6, 6.07) is 15.4. The first kappa shape index (κ1) is 26.2. The molecule has 2 amide bonds. The number of hydrogen-bond acceptors (Lipinski definition) is 9. The van der Waals surface area contributed by atoms with Gasteiger partial charge in [0.05, 0.1) is 46.2 Å². The number of H-pyrrole nitrogens is 1. The van der Waals surface area contributed by atoms with Gasteiger partial charge in [0.15, 0.2) is 5.69 Å². The molecule has 0 bridgehead atoms. The van der Waals surface area contributed by atoms with E-state index in [1.807, 2.05) is 24.3 Å². The molecule has 204 valence electrons. The van der Waals surface area contributed by atoms with Crippen LogP contribution in [0.5, 0.6) is 0 Å². The number of nitrogens with zero attached hydrogens (tertiary/aromatic N) is 4. The number of morpholine rings is 1. The molecule has 3 N–H and O–H groups in total. The minimum Gasteiger partial charge on any atom is -0.378 e. The summed E-state index contributed by atoms with van der Waals surface area (Å²) in [5, 5.41) is 29.2. The van der Waals surface area contributed by atoms with Crippen LogP contribution in [0.15, 0.2) is 60.7 Å². The van der Waals surface area contributed by atoms with Crippen molar-refractivity contribution in [2.24, 2.45) is 0 Å². The largest absolute Gasteiger partial charge is 0.378 e. The molecule has 3 aromatic carbocycles. The van der Waals surface area contributed by atoms with Gasteiger partial charge < -0.3 is 25.3 Å². The molecular formula is C26H23N7O7. The Morgan fingerprint density at radius 1 is 0.950 bits per heavy atom. The lowest BCUT2D eigenvalue weighted by Crippen LogP contribution is -2.40. The predicted molar refractivity (Wildman–Crippen MR) is 143 cm³/mol. The number of nitro groups is 2. The molecule has 0 aliphatic carbocycles. The van der Waals surface area contributed by atoms with E-state index in [1.54, 1.807) is 0 Å². The zero-order chi connectivity index (χ0) is 28.2. The number of anilines is 2. The Bertz CT molecular complexity index is 1540. The van der Waals surface area contributed by atoms with Gasteiger partial charge >= 0.3 is 11.4 Å². The second-order valence-electron chi connectivity index (χ2n) is 8.89. The van der Waals surface area contributed by atoms with E-state index in [9.17, 15) is 29.8 Å². The van der Waals surface area contributed by atoms with Crippen LogP contribution in [0.25, 0.3) is 11.0 Å². The van der Waals surface area contributed by atoms with Crippen LogP contribution in [0.4, 0.5) is 22.7 Å². The predicted octanol–water partition coefficient (Wildman–Crippen LogP) is 3.53. The van der Waals surface area contributed by atoms with E-state index >= 15 is 0 Å². The standard InChI is InChI=1S/C26H23N7O7/c34-25(27-15-23-29-19-3-1-2-4-20(19)30-23)16-5-7-18(8-6-16)28-24-21(32(36)37)13-17(14-22(24)33(38)39)26(35)31-9-11-40-12-10-31/h1-8,13-14,28H,9-12,15H2,(H,27,34)(H,29,30). The van der Waals surface area contributed by atoms with Crippen molar-refractivity contribution in [3.05, 3.63) is 97.8 Å². The summed E-state index contributed by atoms with van der Waals surface area (Å²) in [6.45, 7) is 1.34. The molecule has 0 unspecified atom stereocenters. The molecule has 0 radical (unpaired) electrons. The van der Waals surface area contributed by atoms with E-state index in [0.29, 0.717) is 24.6 Å². The van der Waals surface area contributed by atoms with Gasteiger partial charge in [-0.3, -0.25) is 29.8 Å². The molecule has 0 saturated carbocycles. The molecule has 0 spiro atoms. The summed E-state index contributed by atoms with van der Waals surface area (Å²) in [5.41, 5.74) is 0.409. The van der Waals surface area contributed by atoms with Gasteiger partial charge in [0, 0.05) is 36.5 Å². The van der Waals surface area contributed by atoms with Crippen molar-refractivity contribution in [1.82, 2.24) is 20.2 Å². The summed E-state index contributed by atoms with van der Waals surface area (Å²) in [7, 11) is 0. The lowest BCUT2D eigenvalue weighted by atomic mass is 10.1. The lowest BCUT2D eigenvalue weighted by Gasteiger charge is -2.26. The number of benzene rings is 3. The Balaban J connectivity index is 1.33. The van der Waals surface area contributed by atoms with Crippen molar-refractivity contribution in [3.63, 3.8) is 0 Å². The number of fused-ring (bicyclic) bond motifs is 1. The maximum atomic E-state index is 12.9. The highest BCUT2D eigenvalue weighted by Crippen LogP contribution is 2.38. The fourth-order valence-electron chi connectivity index (χ4n) is 4.31.